The monoisotopic (exact) mass is 241 g/mol. The fraction of sp³-hybridized carbons (Fsp3) is 0.727. The second-order valence-electron chi connectivity index (χ2n) is 4.70. The number of amides is 3. The highest BCUT2D eigenvalue weighted by atomic mass is 16.2. The minimum Gasteiger partial charge on any atom is -0.344 e. The first kappa shape index (κ1) is 13.6. The van der Waals surface area contributed by atoms with E-state index in [0.717, 1.165) is 0 Å². The topological polar surface area (TPSA) is 92.5 Å². The lowest BCUT2D eigenvalue weighted by Gasteiger charge is -2.19. The number of rotatable bonds is 4. The van der Waals surface area contributed by atoms with Crippen LogP contribution >= 0.6 is 0 Å². The van der Waals surface area contributed by atoms with Crippen LogP contribution in [-0.2, 0) is 14.4 Å². The van der Waals surface area contributed by atoms with E-state index in [1.807, 2.05) is 0 Å². The average Bonchev–Trinajstić information content (AvgIpc) is 2.39. The van der Waals surface area contributed by atoms with Gasteiger partial charge in [-0.25, -0.2) is 0 Å². The average molecular weight is 241 g/mol. The van der Waals surface area contributed by atoms with E-state index in [-0.39, 0.29) is 42.6 Å². The van der Waals surface area contributed by atoms with Crippen molar-refractivity contribution in [3.63, 3.8) is 0 Å². The fourth-order valence-electron chi connectivity index (χ4n) is 1.85. The number of carbonyl (C=O) groups is 3. The van der Waals surface area contributed by atoms with E-state index in [1.54, 1.807) is 20.8 Å². The second kappa shape index (κ2) is 5.27. The highest BCUT2D eigenvalue weighted by molar-refractivity contribution is 6.07. The van der Waals surface area contributed by atoms with Crippen LogP contribution in [-0.4, -0.2) is 40.7 Å². The van der Waals surface area contributed by atoms with Crippen molar-refractivity contribution < 1.29 is 14.4 Å². The van der Waals surface area contributed by atoms with Crippen LogP contribution in [0.4, 0.5) is 0 Å². The first-order valence-electron chi connectivity index (χ1n) is 5.73. The molecule has 1 heterocycles. The molecule has 6 nitrogen and oxygen atoms in total. The van der Waals surface area contributed by atoms with Crippen molar-refractivity contribution in [3.05, 3.63) is 0 Å². The molecular weight excluding hydrogens is 222 g/mol. The largest absolute Gasteiger partial charge is 0.344 e. The van der Waals surface area contributed by atoms with Gasteiger partial charge in [-0.1, -0.05) is 0 Å². The lowest BCUT2D eigenvalue weighted by Crippen LogP contribution is -2.44. The van der Waals surface area contributed by atoms with Crippen LogP contribution in [0, 0.1) is 0 Å². The molecule has 2 unspecified atom stereocenters. The van der Waals surface area contributed by atoms with Crippen molar-refractivity contribution in [2.75, 3.05) is 0 Å². The zero-order valence-corrected chi connectivity index (χ0v) is 10.4. The van der Waals surface area contributed by atoms with Gasteiger partial charge in [0.2, 0.25) is 11.8 Å². The minimum absolute atomic E-state index is 0.0434. The van der Waals surface area contributed by atoms with Gasteiger partial charge in [-0.05, 0) is 20.8 Å². The number of nitrogens with two attached hydrogens (primary N) is 1. The normalized spacial score (nSPS) is 22.2. The standard InChI is InChI=1S/C11H19N3O3/c1-6(2)14-10(16)5-8(11(14)17)13-9(15)4-7(3)12/h6-8H,4-5,12H2,1-3H3,(H,13,15). The molecule has 3 N–H and O–H groups in total. The number of imide groups is 1. The smallest absolute Gasteiger partial charge is 0.252 e. The van der Waals surface area contributed by atoms with Gasteiger partial charge in [-0.3, -0.25) is 19.3 Å². The molecule has 1 rings (SSSR count). The maximum atomic E-state index is 11.8. The molecule has 0 aromatic carbocycles. The van der Waals surface area contributed by atoms with Crippen molar-refractivity contribution in [2.24, 2.45) is 5.73 Å². The van der Waals surface area contributed by atoms with Crippen LogP contribution in [0.15, 0.2) is 0 Å². The number of hydrogen-bond donors (Lipinski definition) is 2. The summed E-state index contributed by atoms with van der Waals surface area (Å²) in [5.41, 5.74) is 5.48. The first-order valence-corrected chi connectivity index (χ1v) is 5.73. The Kier molecular flexibility index (Phi) is 4.22. The van der Waals surface area contributed by atoms with Crippen molar-refractivity contribution in [3.8, 4) is 0 Å². The van der Waals surface area contributed by atoms with Crippen LogP contribution in [0.1, 0.15) is 33.6 Å². The van der Waals surface area contributed by atoms with Crippen LogP contribution in [0.5, 0.6) is 0 Å². The van der Waals surface area contributed by atoms with E-state index in [9.17, 15) is 14.4 Å². The molecule has 0 aromatic rings. The van der Waals surface area contributed by atoms with Crippen LogP contribution in [0.3, 0.4) is 0 Å². The molecule has 1 fully saturated rings. The van der Waals surface area contributed by atoms with Gasteiger partial charge in [-0.15, -0.1) is 0 Å². The van der Waals surface area contributed by atoms with E-state index in [0.29, 0.717) is 0 Å². The summed E-state index contributed by atoms with van der Waals surface area (Å²) in [7, 11) is 0. The number of nitrogens with one attached hydrogen (secondary N) is 1. The molecule has 0 saturated carbocycles. The predicted octanol–water partition coefficient (Wildman–Crippen LogP) is -0.624. The molecule has 2 atom stereocenters. The Labute approximate surface area is 101 Å². The summed E-state index contributed by atoms with van der Waals surface area (Å²) >= 11 is 0. The lowest BCUT2D eigenvalue weighted by molar-refractivity contribution is -0.141. The zero-order chi connectivity index (χ0) is 13.2. The molecule has 1 saturated heterocycles. The second-order valence-corrected chi connectivity index (χ2v) is 4.70. The van der Waals surface area contributed by atoms with Gasteiger partial charge in [-0.2, -0.15) is 0 Å². The molecule has 0 spiro atoms. The Morgan fingerprint density at radius 3 is 2.47 bits per heavy atom. The quantitative estimate of drug-likeness (QED) is 0.641. The molecule has 0 aromatic heterocycles. The molecule has 0 bridgehead atoms. The molecule has 1 aliphatic heterocycles. The van der Waals surface area contributed by atoms with E-state index in [1.165, 1.54) is 4.90 Å². The molecule has 1 aliphatic rings. The van der Waals surface area contributed by atoms with Crippen LogP contribution in [0.2, 0.25) is 0 Å². The summed E-state index contributed by atoms with van der Waals surface area (Å²) in [5, 5.41) is 2.54. The van der Waals surface area contributed by atoms with Crippen molar-refractivity contribution in [2.45, 2.75) is 51.7 Å². The molecule has 17 heavy (non-hydrogen) atoms. The molecular formula is C11H19N3O3. The number of likely N-dealkylation sites (tertiary alicyclic amines) is 1. The highest BCUT2D eigenvalue weighted by Crippen LogP contribution is 2.16. The van der Waals surface area contributed by atoms with Gasteiger partial charge in [0.15, 0.2) is 0 Å². The minimum atomic E-state index is -0.726. The summed E-state index contributed by atoms with van der Waals surface area (Å²) in [5.74, 6) is -0.865. The van der Waals surface area contributed by atoms with E-state index < -0.39 is 6.04 Å². The van der Waals surface area contributed by atoms with E-state index in [4.69, 9.17) is 5.73 Å². The first-order chi connectivity index (χ1) is 7.82. The van der Waals surface area contributed by atoms with Crippen LogP contribution in [0.25, 0.3) is 0 Å². The summed E-state index contributed by atoms with van der Waals surface area (Å²) in [6.45, 7) is 5.24. The zero-order valence-electron chi connectivity index (χ0n) is 10.4. The molecule has 3 amide bonds. The van der Waals surface area contributed by atoms with Gasteiger partial charge in [0.05, 0.1) is 6.42 Å². The van der Waals surface area contributed by atoms with Crippen LogP contribution < -0.4 is 11.1 Å². The van der Waals surface area contributed by atoms with Gasteiger partial charge >= 0.3 is 0 Å². The van der Waals surface area contributed by atoms with Gasteiger partial charge < -0.3 is 11.1 Å². The summed E-state index contributed by atoms with van der Waals surface area (Å²) in [4.78, 5) is 36.1. The predicted molar refractivity (Wildman–Crippen MR) is 61.8 cm³/mol. The Hall–Kier alpha value is -1.43. The Morgan fingerprint density at radius 1 is 1.47 bits per heavy atom. The molecule has 0 radical (unpaired) electrons. The van der Waals surface area contributed by atoms with Crippen molar-refractivity contribution in [1.29, 1.82) is 0 Å². The van der Waals surface area contributed by atoms with Gasteiger partial charge in [0.25, 0.3) is 5.91 Å². The number of nitrogens with zero attached hydrogens (tertiary/aromatic N) is 1. The van der Waals surface area contributed by atoms with E-state index >= 15 is 0 Å². The SMILES string of the molecule is CC(N)CC(=O)NC1CC(=O)N(C(C)C)C1=O. The maximum absolute atomic E-state index is 11.8. The van der Waals surface area contributed by atoms with E-state index in [2.05, 4.69) is 5.32 Å². The number of carbonyl (C=O) groups excluding carboxylic acids is 3. The fourth-order valence-corrected chi connectivity index (χ4v) is 1.85. The molecule has 96 valence electrons. The van der Waals surface area contributed by atoms with Gasteiger partial charge in [0.1, 0.15) is 6.04 Å². The molecule has 6 heteroatoms. The van der Waals surface area contributed by atoms with Gasteiger partial charge in [0, 0.05) is 18.5 Å². The summed E-state index contributed by atoms with van der Waals surface area (Å²) < 4.78 is 0. The summed E-state index contributed by atoms with van der Waals surface area (Å²) in [6.07, 6.45) is 0.196. The maximum Gasteiger partial charge on any atom is 0.252 e. The highest BCUT2D eigenvalue weighted by Gasteiger charge is 2.40. The third-order valence-corrected chi connectivity index (χ3v) is 2.54. The summed E-state index contributed by atoms with van der Waals surface area (Å²) in [6, 6.07) is -1.16. The molecule has 0 aliphatic carbocycles. The third kappa shape index (κ3) is 3.26. The Morgan fingerprint density at radius 2 is 2.06 bits per heavy atom. The Balaban J connectivity index is 2.61. The Bertz CT molecular complexity index is 339. The van der Waals surface area contributed by atoms with Crippen molar-refractivity contribution in [1.82, 2.24) is 10.2 Å². The lowest BCUT2D eigenvalue weighted by atomic mass is 10.2. The third-order valence-electron chi connectivity index (χ3n) is 2.54. The number of hydrogen-bond acceptors (Lipinski definition) is 4. The van der Waals surface area contributed by atoms with Crippen molar-refractivity contribution >= 4 is 17.7 Å².